The third-order valence-corrected chi connectivity index (χ3v) is 4.11. The molecule has 0 fully saturated rings. The van der Waals surface area contributed by atoms with Crippen LogP contribution >= 0.6 is 0 Å². The number of carboxylic acids is 1. The van der Waals surface area contributed by atoms with Crippen LogP contribution in [0.2, 0.25) is 0 Å². The van der Waals surface area contributed by atoms with E-state index < -0.39 is 30.2 Å². The summed E-state index contributed by atoms with van der Waals surface area (Å²) in [6, 6.07) is 7.38. The van der Waals surface area contributed by atoms with Gasteiger partial charge in [0.15, 0.2) is 11.9 Å². The lowest BCUT2D eigenvalue weighted by molar-refractivity contribution is -0.141. The number of carbonyl (C=O) groups is 2. The predicted octanol–water partition coefficient (Wildman–Crippen LogP) is 0.171. The monoisotopic (exact) mass is 434 g/mol. The maximum atomic E-state index is 11.5. The molecule has 2 aromatic heterocycles. The number of fused-ring (bicyclic) bond motifs is 1. The summed E-state index contributed by atoms with van der Waals surface area (Å²) in [6.07, 6.45) is -1.26. The second-order valence-electron chi connectivity index (χ2n) is 6.76. The highest BCUT2D eigenvalue weighted by Crippen LogP contribution is 2.13. The fraction of sp³-hybridized carbons (Fsp3) is 0.368. The van der Waals surface area contributed by atoms with E-state index in [1.807, 2.05) is 6.07 Å². The van der Waals surface area contributed by atoms with Crippen LogP contribution in [0.25, 0.3) is 10.9 Å². The molecule has 0 saturated heterocycles. The highest BCUT2D eigenvalue weighted by molar-refractivity contribution is 5.83. The zero-order valence-corrected chi connectivity index (χ0v) is 17.1. The van der Waals surface area contributed by atoms with Gasteiger partial charge in [-0.25, -0.2) is 9.59 Å². The van der Waals surface area contributed by atoms with E-state index in [0.29, 0.717) is 0 Å². The van der Waals surface area contributed by atoms with Crippen molar-refractivity contribution in [1.82, 2.24) is 25.8 Å². The van der Waals surface area contributed by atoms with Crippen LogP contribution in [0.5, 0.6) is 0 Å². The lowest BCUT2D eigenvalue weighted by Gasteiger charge is -2.16. The summed E-state index contributed by atoms with van der Waals surface area (Å²) in [7, 11) is 0. The zero-order valence-electron chi connectivity index (χ0n) is 17.1. The van der Waals surface area contributed by atoms with Gasteiger partial charge in [-0.3, -0.25) is 0 Å². The Hall–Kier alpha value is -3.48. The van der Waals surface area contributed by atoms with Crippen LogP contribution in [-0.2, 0) is 11.3 Å². The molecule has 8 N–H and O–H groups in total. The highest BCUT2D eigenvalue weighted by atomic mass is 16.5. The SMILES string of the molecule is CC(O)C(NC(=O)NCc1nc(C(N)CO)no1)C(=O)O.Cc1cc2ccccc2[nH]1. The second-order valence-corrected chi connectivity index (χ2v) is 6.76. The van der Waals surface area contributed by atoms with Crippen molar-refractivity contribution in [2.24, 2.45) is 5.73 Å². The number of rotatable bonds is 7. The van der Waals surface area contributed by atoms with Crippen molar-refractivity contribution in [3.63, 3.8) is 0 Å². The maximum absolute atomic E-state index is 11.5. The van der Waals surface area contributed by atoms with Gasteiger partial charge in [-0.05, 0) is 31.4 Å². The Morgan fingerprint density at radius 2 is 2.03 bits per heavy atom. The first kappa shape index (κ1) is 23.8. The van der Waals surface area contributed by atoms with Crippen molar-refractivity contribution in [3.05, 3.63) is 47.7 Å². The molecule has 3 unspecified atom stereocenters. The molecule has 168 valence electrons. The van der Waals surface area contributed by atoms with Crippen molar-refractivity contribution in [3.8, 4) is 0 Å². The van der Waals surface area contributed by atoms with Gasteiger partial charge in [0.25, 0.3) is 0 Å². The third-order valence-electron chi connectivity index (χ3n) is 4.11. The number of amides is 2. The zero-order chi connectivity index (χ0) is 23.0. The Balaban J connectivity index is 0.000000280. The fourth-order valence-corrected chi connectivity index (χ4v) is 2.53. The smallest absolute Gasteiger partial charge is 0.328 e. The summed E-state index contributed by atoms with van der Waals surface area (Å²) in [5.41, 5.74) is 7.91. The standard InChI is InChI=1S/C10H17N5O6.C9H9N/c1-4(17)7(9(18)19)14-10(20)12-2-6-13-8(15-21-6)5(11)3-16;1-7-6-8-4-2-3-5-9(8)10-7/h4-5,7,16-17H,2-3,11H2,1H3,(H,18,19)(H2,12,14,20);2-6,10H,1H3. The number of benzene rings is 1. The Morgan fingerprint density at radius 3 is 2.65 bits per heavy atom. The van der Waals surface area contributed by atoms with Crippen LogP contribution in [0, 0.1) is 6.92 Å². The van der Waals surface area contributed by atoms with Gasteiger partial charge in [-0.15, -0.1) is 0 Å². The number of carboxylic acid groups (broad SMARTS) is 1. The average Bonchev–Trinajstić information content (AvgIpc) is 3.35. The molecule has 3 rings (SSSR count). The molecule has 3 atom stereocenters. The van der Waals surface area contributed by atoms with Gasteiger partial charge in [-0.1, -0.05) is 23.4 Å². The molecule has 0 aliphatic rings. The van der Waals surface area contributed by atoms with Crippen molar-refractivity contribution in [2.75, 3.05) is 6.61 Å². The average molecular weight is 434 g/mol. The molecule has 31 heavy (non-hydrogen) atoms. The Kier molecular flexibility index (Phi) is 8.49. The number of aryl methyl sites for hydroxylation is 1. The van der Waals surface area contributed by atoms with Gasteiger partial charge < -0.3 is 41.2 Å². The summed E-state index contributed by atoms with van der Waals surface area (Å²) in [5, 5.41) is 36.0. The normalized spacial score (nSPS) is 13.6. The van der Waals surface area contributed by atoms with Gasteiger partial charge in [-0.2, -0.15) is 4.98 Å². The first-order valence-electron chi connectivity index (χ1n) is 9.39. The van der Waals surface area contributed by atoms with E-state index in [2.05, 4.69) is 56.9 Å². The number of aromatic amines is 1. The molecule has 0 spiro atoms. The lowest BCUT2D eigenvalue weighted by Crippen LogP contribution is -2.51. The van der Waals surface area contributed by atoms with Gasteiger partial charge in [0.1, 0.15) is 0 Å². The molecule has 0 aliphatic heterocycles. The number of nitrogens with zero attached hydrogens (tertiary/aromatic N) is 2. The van der Waals surface area contributed by atoms with E-state index in [1.165, 1.54) is 23.5 Å². The number of aliphatic hydroxyl groups is 2. The number of para-hydroxylation sites is 1. The number of urea groups is 1. The quantitative estimate of drug-likeness (QED) is 0.271. The van der Waals surface area contributed by atoms with E-state index in [4.69, 9.17) is 20.5 Å². The predicted molar refractivity (Wildman–Crippen MR) is 110 cm³/mol. The van der Waals surface area contributed by atoms with Crippen LogP contribution in [0.3, 0.4) is 0 Å². The van der Waals surface area contributed by atoms with E-state index in [9.17, 15) is 14.7 Å². The minimum Gasteiger partial charge on any atom is -0.480 e. The molecular weight excluding hydrogens is 408 g/mol. The molecule has 0 aliphatic carbocycles. The molecule has 2 amide bonds. The van der Waals surface area contributed by atoms with Gasteiger partial charge >= 0.3 is 12.0 Å². The van der Waals surface area contributed by atoms with Gasteiger partial charge in [0.05, 0.1) is 25.3 Å². The number of aliphatic hydroxyl groups excluding tert-OH is 2. The molecule has 3 aromatic rings. The van der Waals surface area contributed by atoms with E-state index in [1.54, 1.807) is 0 Å². The topological polar surface area (TPSA) is 200 Å². The molecular formula is C19H26N6O6. The number of aromatic nitrogens is 3. The van der Waals surface area contributed by atoms with Crippen molar-refractivity contribution < 1.29 is 29.4 Å². The van der Waals surface area contributed by atoms with Crippen LogP contribution < -0.4 is 16.4 Å². The Morgan fingerprint density at radius 1 is 1.32 bits per heavy atom. The van der Waals surface area contributed by atoms with Crippen molar-refractivity contribution in [2.45, 2.75) is 38.6 Å². The molecule has 12 heteroatoms. The maximum Gasteiger partial charge on any atom is 0.328 e. The number of H-pyrrole nitrogens is 1. The largest absolute Gasteiger partial charge is 0.480 e. The number of aliphatic carboxylic acids is 1. The van der Waals surface area contributed by atoms with E-state index >= 15 is 0 Å². The number of hydrogen-bond acceptors (Lipinski definition) is 8. The molecule has 0 saturated carbocycles. The molecule has 0 bridgehead atoms. The molecule has 2 heterocycles. The Bertz CT molecular complexity index is 968. The Labute approximate surface area is 177 Å². The molecule has 0 radical (unpaired) electrons. The van der Waals surface area contributed by atoms with Gasteiger partial charge in [0, 0.05) is 11.2 Å². The molecule has 12 nitrogen and oxygen atoms in total. The summed E-state index contributed by atoms with van der Waals surface area (Å²) in [4.78, 5) is 29.4. The minimum absolute atomic E-state index is 0.0352. The second kappa shape index (κ2) is 11.1. The number of carbonyl (C=O) groups excluding carboxylic acids is 1. The first-order valence-corrected chi connectivity index (χ1v) is 9.39. The van der Waals surface area contributed by atoms with Crippen LogP contribution in [0.4, 0.5) is 4.79 Å². The minimum atomic E-state index is -1.44. The van der Waals surface area contributed by atoms with Gasteiger partial charge in [0.2, 0.25) is 5.89 Å². The summed E-state index contributed by atoms with van der Waals surface area (Å²) in [5.74, 6) is -1.25. The highest BCUT2D eigenvalue weighted by Gasteiger charge is 2.25. The summed E-state index contributed by atoms with van der Waals surface area (Å²) >= 11 is 0. The number of nitrogens with two attached hydrogens (primary N) is 1. The van der Waals surface area contributed by atoms with Crippen LogP contribution in [0.1, 0.15) is 30.4 Å². The van der Waals surface area contributed by atoms with E-state index in [0.717, 1.165) is 0 Å². The number of nitrogens with one attached hydrogen (secondary N) is 3. The van der Waals surface area contributed by atoms with Crippen molar-refractivity contribution >= 4 is 22.9 Å². The van der Waals surface area contributed by atoms with Crippen LogP contribution in [-0.4, -0.2) is 61.2 Å². The first-order chi connectivity index (χ1) is 14.7. The summed E-state index contributed by atoms with van der Waals surface area (Å²) < 4.78 is 4.78. The molecule has 1 aromatic carbocycles. The third kappa shape index (κ3) is 7.06. The number of hydrogen-bond donors (Lipinski definition) is 7. The fourth-order valence-electron chi connectivity index (χ4n) is 2.53. The van der Waals surface area contributed by atoms with Crippen molar-refractivity contribution in [1.29, 1.82) is 0 Å². The lowest BCUT2D eigenvalue weighted by atomic mass is 10.2. The van der Waals surface area contributed by atoms with E-state index in [-0.39, 0.29) is 24.9 Å². The summed E-state index contributed by atoms with van der Waals surface area (Å²) in [6.45, 7) is 2.78. The van der Waals surface area contributed by atoms with Crippen LogP contribution in [0.15, 0.2) is 34.9 Å².